The molecule has 30 heavy (non-hydrogen) atoms. The number of nitriles is 1. The molecule has 0 spiro atoms. The third-order valence-corrected chi connectivity index (χ3v) is 5.49. The van der Waals surface area contributed by atoms with Gasteiger partial charge >= 0.3 is 0 Å². The summed E-state index contributed by atoms with van der Waals surface area (Å²) >= 11 is 0. The minimum Gasteiger partial charge on any atom is -0.402 e. The fourth-order valence-electron chi connectivity index (χ4n) is 3.64. The van der Waals surface area contributed by atoms with Gasteiger partial charge in [-0.25, -0.2) is 4.98 Å². The van der Waals surface area contributed by atoms with E-state index >= 15 is 0 Å². The summed E-state index contributed by atoms with van der Waals surface area (Å²) in [5.41, 5.74) is 11.9. The molecule has 0 aliphatic carbocycles. The molecule has 1 aliphatic heterocycles. The molecule has 1 fully saturated rings. The Hall–Kier alpha value is -3.24. The van der Waals surface area contributed by atoms with E-state index in [4.69, 9.17) is 11.0 Å². The number of piperazine rings is 1. The van der Waals surface area contributed by atoms with E-state index in [9.17, 15) is 0 Å². The molecule has 0 saturated carbocycles. The summed E-state index contributed by atoms with van der Waals surface area (Å²) < 4.78 is 0. The van der Waals surface area contributed by atoms with Crippen molar-refractivity contribution in [2.75, 3.05) is 44.7 Å². The van der Waals surface area contributed by atoms with Crippen LogP contribution in [-0.2, 0) is 6.42 Å². The van der Waals surface area contributed by atoms with Crippen molar-refractivity contribution in [3.8, 4) is 17.3 Å². The Morgan fingerprint density at radius 2 is 1.77 bits per heavy atom. The molecule has 7 heteroatoms. The Morgan fingerprint density at radius 1 is 1.10 bits per heavy atom. The van der Waals surface area contributed by atoms with E-state index < -0.39 is 0 Å². The van der Waals surface area contributed by atoms with Crippen LogP contribution >= 0.6 is 0 Å². The summed E-state index contributed by atoms with van der Waals surface area (Å²) in [4.78, 5) is 18.2. The highest BCUT2D eigenvalue weighted by molar-refractivity contribution is 5.99. The van der Waals surface area contributed by atoms with Crippen molar-refractivity contribution in [3.05, 3.63) is 53.5 Å². The zero-order valence-corrected chi connectivity index (χ0v) is 18.0. The largest absolute Gasteiger partial charge is 0.402 e. The summed E-state index contributed by atoms with van der Waals surface area (Å²) in [6.45, 7) is 8.35. The Labute approximate surface area is 178 Å². The molecule has 0 atom stereocenters. The molecule has 0 amide bonds. The Balaban J connectivity index is 1.72. The molecule has 0 unspecified atom stereocenters. The number of nitrogens with zero attached hydrogens (tertiary/aromatic N) is 6. The van der Waals surface area contributed by atoms with Gasteiger partial charge in [-0.1, -0.05) is 24.3 Å². The van der Waals surface area contributed by atoms with E-state index in [2.05, 4.69) is 30.8 Å². The van der Waals surface area contributed by atoms with Crippen LogP contribution in [0.25, 0.3) is 11.3 Å². The summed E-state index contributed by atoms with van der Waals surface area (Å²) in [6.07, 6.45) is 3.89. The van der Waals surface area contributed by atoms with Crippen LogP contribution in [0.5, 0.6) is 0 Å². The van der Waals surface area contributed by atoms with Gasteiger partial charge in [-0.2, -0.15) is 5.26 Å². The molecule has 2 aromatic rings. The first-order valence-corrected chi connectivity index (χ1v) is 10.2. The van der Waals surface area contributed by atoms with E-state index in [1.165, 1.54) is 0 Å². The molecule has 1 aliphatic rings. The number of anilines is 1. The number of allylic oxidation sites excluding steroid dienone is 1. The predicted molar refractivity (Wildman–Crippen MR) is 121 cm³/mol. The number of benzene rings is 1. The standard InChI is InChI=1S/C23H29N7/c1-17(25)21(18(2)26-3)16-29-12-14-30(15-13-29)23-22(27-10-11-28-23)20-6-4-19(5-7-20)8-9-24/h4-7,10-11H,8,12-16,25H2,1-3H3/b21-17-,26-18?. The first kappa shape index (κ1) is 21.5. The summed E-state index contributed by atoms with van der Waals surface area (Å²) in [7, 11) is 1.80. The molecule has 1 saturated heterocycles. The van der Waals surface area contributed by atoms with Gasteiger partial charge in [0.25, 0.3) is 0 Å². The molecule has 156 valence electrons. The van der Waals surface area contributed by atoms with Crippen LogP contribution in [-0.4, -0.2) is 60.4 Å². The van der Waals surface area contributed by atoms with Crippen molar-refractivity contribution in [1.82, 2.24) is 14.9 Å². The smallest absolute Gasteiger partial charge is 0.155 e. The van der Waals surface area contributed by atoms with Crippen molar-refractivity contribution in [3.63, 3.8) is 0 Å². The maximum absolute atomic E-state index is 8.87. The fourth-order valence-corrected chi connectivity index (χ4v) is 3.64. The van der Waals surface area contributed by atoms with Crippen molar-refractivity contribution in [2.45, 2.75) is 20.3 Å². The highest BCUT2D eigenvalue weighted by Gasteiger charge is 2.22. The molecule has 1 aromatic carbocycles. The van der Waals surface area contributed by atoms with Crippen LogP contribution in [0.1, 0.15) is 19.4 Å². The molecular weight excluding hydrogens is 374 g/mol. The van der Waals surface area contributed by atoms with Crippen LogP contribution in [0.4, 0.5) is 5.82 Å². The van der Waals surface area contributed by atoms with Crippen molar-refractivity contribution in [2.24, 2.45) is 10.7 Å². The second-order valence-electron chi connectivity index (χ2n) is 7.49. The van der Waals surface area contributed by atoms with Gasteiger partial charge in [0, 0.05) is 74.7 Å². The molecule has 0 bridgehead atoms. The van der Waals surface area contributed by atoms with Gasteiger partial charge in [-0.15, -0.1) is 0 Å². The lowest BCUT2D eigenvalue weighted by molar-refractivity contribution is 0.280. The molecule has 2 N–H and O–H groups in total. The summed E-state index contributed by atoms with van der Waals surface area (Å²) in [6, 6.07) is 10.2. The van der Waals surface area contributed by atoms with Crippen LogP contribution in [0.2, 0.25) is 0 Å². The number of rotatable bonds is 6. The Morgan fingerprint density at radius 3 is 2.37 bits per heavy atom. The molecule has 7 nitrogen and oxygen atoms in total. The normalized spacial score (nSPS) is 16.2. The minimum atomic E-state index is 0.413. The molecule has 3 rings (SSSR count). The van der Waals surface area contributed by atoms with Gasteiger partial charge in [0.2, 0.25) is 0 Å². The van der Waals surface area contributed by atoms with Crippen LogP contribution in [0, 0.1) is 11.3 Å². The third-order valence-electron chi connectivity index (χ3n) is 5.49. The highest BCUT2D eigenvalue weighted by Crippen LogP contribution is 2.27. The van der Waals surface area contributed by atoms with E-state index in [0.717, 1.165) is 72.3 Å². The number of aromatic nitrogens is 2. The Kier molecular flexibility index (Phi) is 7.15. The molecule has 1 aromatic heterocycles. The maximum Gasteiger partial charge on any atom is 0.155 e. The van der Waals surface area contributed by atoms with Gasteiger partial charge in [-0.05, 0) is 19.4 Å². The zero-order chi connectivity index (χ0) is 21.5. The number of aliphatic imine (C=N–C) groups is 1. The average molecular weight is 404 g/mol. The van der Waals surface area contributed by atoms with E-state index in [1.807, 2.05) is 38.1 Å². The van der Waals surface area contributed by atoms with E-state index in [-0.39, 0.29) is 0 Å². The lowest BCUT2D eigenvalue weighted by atomic mass is 10.1. The van der Waals surface area contributed by atoms with Crippen molar-refractivity contribution >= 4 is 11.5 Å². The Bertz CT molecular complexity index is 958. The van der Waals surface area contributed by atoms with E-state index in [1.54, 1.807) is 19.4 Å². The van der Waals surface area contributed by atoms with Crippen LogP contribution in [0.3, 0.4) is 0 Å². The second-order valence-corrected chi connectivity index (χ2v) is 7.49. The van der Waals surface area contributed by atoms with Crippen molar-refractivity contribution in [1.29, 1.82) is 5.26 Å². The number of nitrogens with two attached hydrogens (primary N) is 1. The summed E-state index contributed by atoms with van der Waals surface area (Å²) in [5, 5.41) is 8.87. The maximum atomic E-state index is 8.87. The number of hydrogen-bond donors (Lipinski definition) is 1. The summed E-state index contributed by atoms with van der Waals surface area (Å²) in [5.74, 6) is 0.905. The van der Waals surface area contributed by atoms with Crippen molar-refractivity contribution < 1.29 is 0 Å². The topological polar surface area (TPSA) is 94.4 Å². The third kappa shape index (κ3) is 5.02. The molecular formula is C23H29N7. The van der Waals surface area contributed by atoms with Gasteiger partial charge < -0.3 is 10.6 Å². The number of hydrogen-bond acceptors (Lipinski definition) is 7. The van der Waals surface area contributed by atoms with Gasteiger partial charge in [0.05, 0.1) is 12.5 Å². The van der Waals surface area contributed by atoms with Gasteiger partial charge in [-0.3, -0.25) is 14.9 Å². The van der Waals surface area contributed by atoms with Crippen LogP contribution < -0.4 is 10.6 Å². The monoisotopic (exact) mass is 403 g/mol. The second kappa shape index (κ2) is 9.99. The molecule has 0 radical (unpaired) electrons. The first-order chi connectivity index (χ1) is 14.5. The van der Waals surface area contributed by atoms with Crippen LogP contribution in [0.15, 0.2) is 52.9 Å². The first-order valence-electron chi connectivity index (χ1n) is 10.2. The lowest BCUT2D eigenvalue weighted by Crippen LogP contribution is -2.48. The predicted octanol–water partition coefficient (Wildman–Crippen LogP) is 2.66. The SMILES string of the molecule is CN=C(C)/C(CN1CCN(c2nccnc2-c2ccc(CC#N)cc2)CC1)=C(/C)N. The van der Waals surface area contributed by atoms with Gasteiger partial charge in [0.1, 0.15) is 5.69 Å². The fraction of sp³-hybridized carbons (Fsp3) is 0.391. The zero-order valence-electron chi connectivity index (χ0n) is 18.0. The lowest BCUT2D eigenvalue weighted by Gasteiger charge is -2.36. The molecule has 2 heterocycles. The average Bonchev–Trinajstić information content (AvgIpc) is 2.78. The highest BCUT2D eigenvalue weighted by atomic mass is 15.3. The van der Waals surface area contributed by atoms with Gasteiger partial charge in [0.15, 0.2) is 5.82 Å². The minimum absolute atomic E-state index is 0.413. The van der Waals surface area contributed by atoms with E-state index in [0.29, 0.717) is 6.42 Å². The quantitative estimate of drug-likeness (QED) is 0.745.